The highest BCUT2D eigenvalue weighted by Crippen LogP contribution is 2.43. The Hall–Kier alpha value is -2.06. The second-order valence-electron chi connectivity index (χ2n) is 23.1. The molecule has 0 aliphatic rings. The van der Waals surface area contributed by atoms with Crippen molar-refractivity contribution in [2.75, 3.05) is 40.9 Å². The third-order valence-electron chi connectivity index (χ3n) is 14.4. The van der Waals surface area contributed by atoms with Crippen LogP contribution in [0, 0.1) is 0 Å². The number of phosphoric acid groups is 1. The van der Waals surface area contributed by atoms with Gasteiger partial charge in [0.2, 0.25) is 5.91 Å². The van der Waals surface area contributed by atoms with Crippen molar-refractivity contribution in [3.63, 3.8) is 0 Å². The average Bonchev–Trinajstić information content (AvgIpc) is 3.38. The summed E-state index contributed by atoms with van der Waals surface area (Å²) >= 11 is 0. The summed E-state index contributed by atoms with van der Waals surface area (Å²) in [5, 5.41) is 14.0. The zero-order chi connectivity index (χ0) is 55.6. The number of carbonyl (C=O) groups is 1. The highest BCUT2D eigenvalue weighted by molar-refractivity contribution is 7.47. The Labute approximate surface area is 472 Å². The van der Waals surface area contributed by atoms with E-state index in [1.807, 2.05) is 27.2 Å². The molecule has 0 saturated heterocycles. The summed E-state index contributed by atoms with van der Waals surface area (Å²) in [7, 11) is 1.56. The van der Waals surface area contributed by atoms with E-state index in [1.54, 1.807) is 6.08 Å². The van der Waals surface area contributed by atoms with Gasteiger partial charge in [-0.1, -0.05) is 292 Å². The van der Waals surface area contributed by atoms with E-state index in [2.05, 4.69) is 79.9 Å². The molecule has 0 aliphatic heterocycles. The minimum atomic E-state index is -4.36. The first kappa shape index (κ1) is 73.9. The van der Waals surface area contributed by atoms with E-state index in [-0.39, 0.29) is 19.1 Å². The molecule has 3 unspecified atom stereocenters. The van der Waals surface area contributed by atoms with Gasteiger partial charge in [-0.05, 0) is 70.6 Å². The molecule has 0 spiro atoms. The highest BCUT2D eigenvalue weighted by Gasteiger charge is 2.27. The number of nitrogens with one attached hydrogen (secondary N) is 1. The third-order valence-corrected chi connectivity index (χ3v) is 15.4. The molecule has 0 rings (SSSR count). The summed E-state index contributed by atoms with van der Waals surface area (Å²) in [6, 6.07) is -0.865. The molecule has 0 heterocycles. The maximum Gasteiger partial charge on any atom is 0.472 e. The van der Waals surface area contributed by atoms with Crippen LogP contribution in [0.15, 0.2) is 72.9 Å². The molecule has 3 N–H and O–H groups in total. The number of rotatable bonds is 59. The number of hydrogen-bond donors (Lipinski definition) is 3. The molecular weight excluding hydrogens is 960 g/mol. The van der Waals surface area contributed by atoms with Crippen LogP contribution in [0.1, 0.15) is 296 Å². The number of likely N-dealkylation sites (N-methyl/N-ethyl adjacent to an activating group) is 1. The Morgan fingerprint density at radius 3 is 1.21 bits per heavy atom. The van der Waals surface area contributed by atoms with Crippen LogP contribution in [-0.2, 0) is 18.4 Å². The quantitative estimate of drug-likeness (QED) is 0.0243. The Morgan fingerprint density at radius 2 is 0.803 bits per heavy atom. The summed E-state index contributed by atoms with van der Waals surface area (Å²) in [5.74, 6) is -0.183. The predicted molar refractivity (Wildman–Crippen MR) is 332 cm³/mol. The van der Waals surface area contributed by atoms with Gasteiger partial charge in [0.1, 0.15) is 13.2 Å². The van der Waals surface area contributed by atoms with Crippen LogP contribution in [0.5, 0.6) is 0 Å². The van der Waals surface area contributed by atoms with Crippen LogP contribution in [0.2, 0.25) is 0 Å². The van der Waals surface area contributed by atoms with Crippen LogP contribution in [-0.4, -0.2) is 73.4 Å². The van der Waals surface area contributed by atoms with Crippen LogP contribution < -0.4 is 5.32 Å². The zero-order valence-corrected chi connectivity index (χ0v) is 51.6. The topological polar surface area (TPSA) is 105 Å². The van der Waals surface area contributed by atoms with Gasteiger partial charge < -0.3 is 19.8 Å². The normalized spacial score (nSPS) is 14.2. The van der Waals surface area contributed by atoms with Crippen molar-refractivity contribution in [3.8, 4) is 0 Å². The number of aliphatic hydroxyl groups is 1. The Bertz CT molecular complexity index is 1470. The minimum absolute atomic E-state index is 0.0558. The zero-order valence-electron chi connectivity index (χ0n) is 50.7. The minimum Gasteiger partial charge on any atom is -0.387 e. The maximum atomic E-state index is 13.0. The summed E-state index contributed by atoms with van der Waals surface area (Å²) in [4.78, 5) is 23.4. The fourth-order valence-electron chi connectivity index (χ4n) is 9.41. The van der Waals surface area contributed by atoms with Gasteiger partial charge in [-0.15, -0.1) is 0 Å². The van der Waals surface area contributed by atoms with Crippen LogP contribution >= 0.6 is 7.82 Å². The number of phosphoric ester groups is 1. The number of aliphatic hydroxyl groups excluding tert-OH is 1. The van der Waals surface area contributed by atoms with E-state index < -0.39 is 20.0 Å². The standard InChI is InChI=1S/C67H125N2O6P/c1-6-8-10-12-14-16-18-20-22-24-26-28-29-30-31-32-33-34-35-36-37-38-39-41-43-45-47-49-51-53-55-57-59-61-67(71)68-65(64-75-76(72,73)74-63-62-69(3,4)5)66(70)60-58-56-54-52-50-48-46-44-42-40-27-25-23-21-19-17-15-13-11-9-7-2/h8,10,14,16,20,22,26,28,50,52,58,60,65-66,70H,6-7,9,11-13,15,17-19,21,23-25,27,29-49,51,53-57,59,61-64H2,1-5H3,(H-,68,71,72,73)/p+1/b10-8-,16-14-,22-20-,28-26-,52-50+,60-58+. The van der Waals surface area contributed by atoms with Gasteiger partial charge in [-0.3, -0.25) is 13.8 Å². The predicted octanol–water partition coefficient (Wildman–Crippen LogP) is 20.2. The average molecular weight is 1090 g/mol. The first-order chi connectivity index (χ1) is 37.0. The second-order valence-corrected chi connectivity index (χ2v) is 24.6. The number of carbonyl (C=O) groups excluding carboxylic acids is 1. The largest absolute Gasteiger partial charge is 0.472 e. The van der Waals surface area contributed by atoms with Crippen molar-refractivity contribution in [2.45, 2.75) is 309 Å². The van der Waals surface area contributed by atoms with E-state index in [1.165, 1.54) is 212 Å². The summed E-state index contributed by atoms with van der Waals surface area (Å²) in [6.07, 6.45) is 80.3. The SMILES string of the molecule is CC/C=C\C/C=C\C/C=C\C/C=C\CCCCCCCCCCCCCCCCCCCCCCC(=O)NC(COP(=O)(O)OCC[N+](C)(C)C)C(O)/C=C/CC/C=C/CCCCCCCCCCCCCCCCC. The molecular formula is C67H126N2O6P+. The van der Waals surface area contributed by atoms with Gasteiger partial charge in [0.05, 0.1) is 39.9 Å². The lowest BCUT2D eigenvalue weighted by atomic mass is 10.0. The van der Waals surface area contributed by atoms with E-state index >= 15 is 0 Å². The number of amides is 1. The first-order valence-electron chi connectivity index (χ1n) is 32.3. The van der Waals surface area contributed by atoms with Gasteiger partial charge >= 0.3 is 7.82 Å². The second kappa shape index (κ2) is 57.6. The van der Waals surface area contributed by atoms with Crippen molar-refractivity contribution >= 4 is 13.7 Å². The van der Waals surface area contributed by atoms with Crippen molar-refractivity contribution in [1.82, 2.24) is 5.32 Å². The molecule has 0 aromatic carbocycles. The maximum absolute atomic E-state index is 13.0. The van der Waals surface area contributed by atoms with Crippen LogP contribution in [0.25, 0.3) is 0 Å². The number of allylic oxidation sites excluding steroid dienone is 11. The van der Waals surface area contributed by atoms with Crippen molar-refractivity contribution in [1.29, 1.82) is 0 Å². The molecule has 3 atom stereocenters. The van der Waals surface area contributed by atoms with Gasteiger partial charge in [-0.25, -0.2) is 4.57 Å². The molecule has 0 radical (unpaired) electrons. The monoisotopic (exact) mass is 1090 g/mol. The van der Waals surface area contributed by atoms with Crippen molar-refractivity contribution in [3.05, 3.63) is 72.9 Å². The first-order valence-corrected chi connectivity index (χ1v) is 33.8. The van der Waals surface area contributed by atoms with Gasteiger partial charge in [0, 0.05) is 6.42 Å². The molecule has 0 aromatic heterocycles. The van der Waals surface area contributed by atoms with E-state index in [4.69, 9.17) is 9.05 Å². The lowest BCUT2D eigenvalue weighted by molar-refractivity contribution is -0.870. The number of nitrogens with zero attached hydrogens (tertiary/aromatic N) is 1. The molecule has 1 amide bonds. The van der Waals surface area contributed by atoms with Crippen molar-refractivity contribution in [2.24, 2.45) is 0 Å². The van der Waals surface area contributed by atoms with Crippen LogP contribution in [0.3, 0.4) is 0 Å². The summed E-state index contributed by atoms with van der Waals surface area (Å²) < 4.78 is 23.8. The lowest BCUT2D eigenvalue weighted by Crippen LogP contribution is -2.45. The fourth-order valence-corrected chi connectivity index (χ4v) is 10.1. The molecule has 0 saturated carbocycles. The van der Waals surface area contributed by atoms with Gasteiger partial charge in [0.15, 0.2) is 0 Å². The van der Waals surface area contributed by atoms with E-state index in [9.17, 15) is 19.4 Å². The van der Waals surface area contributed by atoms with E-state index in [0.29, 0.717) is 17.4 Å². The highest BCUT2D eigenvalue weighted by atomic mass is 31.2. The lowest BCUT2D eigenvalue weighted by Gasteiger charge is -2.25. The number of quaternary nitrogens is 1. The third kappa shape index (κ3) is 59.6. The summed E-state index contributed by atoms with van der Waals surface area (Å²) in [6.45, 7) is 4.71. The van der Waals surface area contributed by atoms with Crippen molar-refractivity contribution < 1.29 is 32.9 Å². The smallest absolute Gasteiger partial charge is 0.387 e. The van der Waals surface area contributed by atoms with Gasteiger partial charge in [0.25, 0.3) is 0 Å². The molecule has 76 heavy (non-hydrogen) atoms. The Morgan fingerprint density at radius 1 is 0.461 bits per heavy atom. The van der Waals surface area contributed by atoms with E-state index in [0.717, 1.165) is 64.2 Å². The van der Waals surface area contributed by atoms with Crippen LogP contribution in [0.4, 0.5) is 0 Å². The molecule has 0 bridgehead atoms. The molecule has 0 aromatic rings. The summed E-state index contributed by atoms with van der Waals surface area (Å²) in [5.41, 5.74) is 0. The molecule has 9 heteroatoms. The molecule has 444 valence electrons. The Balaban J connectivity index is 4.09. The molecule has 0 fully saturated rings. The molecule has 8 nitrogen and oxygen atoms in total. The number of unbranched alkanes of at least 4 members (excludes halogenated alkanes) is 36. The number of hydrogen-bond acceptors (Lipinski definition) is 5. The van der Waals surface area contributed by atoms with Gasteiger partial charge in [-0.2, -0.15) is 0 Å². The molecule has 0 aliphatic carbocycles. The fraction of sp³-hybridized carbons (Fsp3) is 0.806. The Kier molecular flexibility index (Phi) is 56.1.